The predicted molar refractivity (Wildman–Crippen MR) is 409 cm³/mol. The maximum atomic E-state index is 13.1. The summed E-state index contributed by atoms with van der Waals surface area (Å²) >= 11 is 0. The Morgan fingerprint density at radius 2 is 0.520 bits per heavy atom. The Balaban J connectivity index is 5.36. The van der Waals surface area contributed by atoms with Gasteiger partial charge in [0.15, 0.2) is 12.2 Å². The molecule has 0 heterocycles. The van der Waals surface area contributed by atoms with E-state index in [1.807, 2.05) is 0 Å². The summed E-state index contributed by atoms with van der Waals surface area (Å²) in [7, 11) is -9.96. The minimum atomic E-state index is -4.98. The molecule has 5 atom stereocenters. The van der Waals surface area contributed by atoms with E-state index in [-0.39, 0.29) is 25.7 Å². The van der Waals surface area contributed by atoms with Crippen LogP contribution in [0.1, 0.15) is 336 Å². The Morgan fingerprint density at radius 3 is 0.830 bits per heavy atom. The van der Waals surface area contributed by atoms with Gasteiger partial charge in [0.2, 0.25) is 0 Å². The maximum absolute atomic E-state index is 13.1. The fraction of sp³-hybridized carbons (Fsp3) is 0.753. The van der Waals surface area contributed by atoms with Gasteiger partial charge in [0, 0.05) is 25.7 Å². The van der Waals surface area contributed by atoms with Crippen LogP contribution >= 0.6 is 15.6 Å². The number of ether oxygens (including phenoxy) is 4. The lowest BCUT2D eigenvalue weighted by Gasteiger charge is -2.21. The van der Waals surface area contributed by atoms with Gasteiger partial charge in [-0.05, 0) is 148 Å². The van der Waals surface area contributed by atoms with Crippen molar-refractivity contribution in [2.24, 2.45) is 0 Å². The van der Waals surface area contributed by atoms with Gasteiger partial charge >= 0.3 is 39.5 Å². The first-order valence-electron chi connectivity index (χ1n) is 39.5. The first-order valence-corrected chi connectivity index (χ1v) is 42.5. The predicted octanol–water partition coefficient (Wildman–Crippen LogP) is 22.8. The smallest absolute Gasteiger partial charge is 0.462 e. The van der Waals surface area contributed by atoms with E-state index in [9.17, 15) is 43.2 Å². The van der Waals surface area contributed by atoms with Crippen molar-refractivity contribution in [3.05, 3.63) is 97.2 Å². The Bertz CT molecular complexity index is 2270. The molecular weight excluding hydrogens is 1310 g/mol. The van der Waals surface area contributed by atoms with Crippen LogP contribution in [-0.4, -0.2) is 96.7 Å². The van der Waals surface area contributed by atoms with Gasteiger partial charge < -0.3 is 33.8 Å². The molecule has 0 radical (unpaired) electrons. The first kappa shape index (κ1) is 96.0. The summed E-state index contributed by atoms with van der Waals surface area (Å²) in [6.45, 7) is 4.69. The standard InChI is InChI=1S/C81H142O17P2/c1-5-9-13-17-21-25-29-33-35-36-37-38-40-44-46-50-54-58-62-66-79(84)92-72-77(98-81(86)68-64-60-56-52-48-42-32-28-24-20-16-12-8-4)74-96-100(89,90)94-70-75(82)69-93-99(87,88)95-73-76(97-80(85)67-63-59-55-51-47-41-31-27-23-19-15-11-7-3)71-91-78(83)65-61-57-53-49-45-43-39-34-30-26-22-18-14-10-6-2/h9,13,21,25,27-28,31-35,37-39,44,46,75-77,82H,5-8,10-12,14-20,22-24,26,29-30,36,40-43,45,47-74H2,1-4H3,(H,87,88)(H,89,90)/b13-9-,25-21-,31-27-,32-28-,35-33-,38-37-,39-34-,46-44-/t75-,76+,77+/m0/s1. The molecule has 0 aromatic heterocycles. The molecule has 0 spiro atoms. The molecule has 2 unspecified atom stereocenters. The van der Waals surface area contributed by atoms with Crippen LogP contribution in [0.25, 0.3) is 0 Å². The minimum Gasteiger partial charge on any atom is -0.462 e. The normalized spacial score (nSPS) is 14.4. The molecule has 17 nitrogen and oxygen atoms in total. The van der Waals surface area contributed by atoms with E-state index in [2.05, 4.69) is 125 Å². The average Bonchev–Trinajstić information content (AvgIpc) is 0.935. The molecule has 0 aliphatic heterocycles. The number of carbonyl (C=O) groups is 4. The lowest BCUT2D eigenvalue weighted by atomic mass is 10.1. The highest BCUT2D eigenvalue weighted by Crippen LogP contribution is 2.45. The van der Waals surface area contributed by atoms with E-state index in [1.165, 1.54) is 89.9 Å². The summed E-state index contributed by atoms with van der Waals surface area (Å²) in [4.78, 5) is 72.9. The van der Waals surface area contributed by atoms with Crippen LogP contribution in [0.5, 0.6) is 0 Å². The molecule has 0 rings (SSSR count). The second-order valence-corrected chi connectivity index (χ2v) is 29.2. The van der Waals surface area contributed by atoms with Gasteiger partial charge in [-0.3, -0.25) is 37.3 Å². The molecular formula is C81H142O17P2. The molecule has 19 heteroatoms. The zero-order valence-electron chi connectivity index (χ0n) is 63.1. The molecule has 0 saturated heterocycles. The van der Waals surface area contributed by atoms with Crippen LogP contribution in [0.2, 0.25) is 0 Å². The molecule has 0 aromatic rings. The summed E-state index contributed by atoms with van der Waals surface area (Å²) in [5, 5.41) is 10.6. The zero-order valence-corrected chi connectivity index (χ0v) is 64.9. The second kappa shape index (κ2) is 73.3. The number of aliphatic hydroxyl groups excluding tert-OH is 1. The minimum absolute atomic E-state index is 0.0769. The van der Waals surface area contributed by atoms with Crippen LogP contribution in [-0.2, 0) is 65.4 Å². The van der Waals surface area contributed by atoms with Crippen molar-refractivity contribution in [2.75, 3.05) is 39.6 Å². The van der Waals surface area contributed by atoms with Crippen LogP contribution in [0.4, 0.5) is 0 Å². The number of phosphoric acid groups is 2. The third-order valence-electron chi connectivity index (χ3n) is 16.5. The molecule has 0 bridgehead atoms. The maximum Gasteiger partial charge on any atom is 0.472 e. The Hall–Kier alpha value is -4.02. The van der Waals surface area contributed by atoms with Gasteiger partial charge in [-0.2, -0.15) is 0 Å². The first-order chi connectivity index (χ1) is 48.7. The lowest BCUT2D eigenvalue weighted by molar-refractivity contribution is -0.161. The second-order valence-electron chi connectivity index (χ2n) is 26.3. The SMILES string of the molecule is CC/C=C\C/C=C\C/C=C\C/C=C\C/C=C\CCCCCC(=O)OC[C@H](COP(=O)(O)OC[C@@H](O)COP(=O)(O)OC[C@@H](COC(=O)CCCCCCC/C=C\CCCCCCCC)OC(=O)CCCCCCC/C=C\CCCCCC)OC(=O)CCCCCCC/C=C\CCCCCC. The van der Waals surface area contributed by atoms with Gasteiger partial charge in [0.1, 0.15) is 19.3 Å². The Morgan fingerprint density at radius 1 is 0.290 bits per heavy atom. The molecule has 100 heavy (non-hydrogen) atoms. The number of allylic oxidation sites excluding steroid dienone is 16. The van der Waals surface area contributed by atoms with E-state index in [0.717, 1.165) is 167 Å². The molecule has 0 aromatic carbocycles. The van der Waals surface area contributed by atoms with E-state index in [1.54, 1.807) is 0 Å². The summed E-state index contributed by atoms with van der Waals surface area (Å²) in [5.41, 5.74) is 0. The van der Waals surface area contributed by atoms with Gasteiger partial charge in [0.25, 0.3) is 0 Å². The van der Waals surface area contributed by atoms with Crippen LogP contribution in [0.3, 0.4) is 0 Å². The molecule has 0 saturated carbocycles. The van der Waals surface area contributed by atoms with Crippen molar-refractivity contribution < 1.29 is 80.2 Å². The van der Waals surface area contributed by atoms with Crippen molar-refractivity contribution in [3.63, 3.8) is 0 Å². The number of rotatable bonds is 74. The summed E-state index contributed by atoms with van der Waals surface area (Å²) in [6, 6.07) is 0. The van der Waals surface area contributed by atoms with Gasteiger partial charge in [-0.15, -0.1) is 0 Å². The van der Waals surface area contributed by atoms with Crippen LogP contribution in [0, 0.1) is 0 Å². The zero-order chi connectivity index (χ0) is 73.2. The fourth-order valence-corrected chi connectivity index (χ4v) is 12.0. The molecule has 578 valence electrons. The highest BCUT2D eigenvalue weighted by atomic mass is 31.2. The number of carbonyl (C=O) groups excluding carboxylic acids is 4. The number of hydrogen-bond donors (Lipinski definition) is 3. The topological polar surface area (TPSA) is 237 Å². The Labute approximate surface area is 607 Å². The number of aliphatic hydroxyl groups is 1. The van der Waals surface area contributed by atoms with Gasteiger partial charge in [-0.1, -0.05) is 260 Å². The number of hydrogen-bond acceptors (Lipinski definition) is 15. The summed E-state index contributed by atoms with van der Waals surface area (Å²) in [6.07, 6.45) is 76.7. The quantitative estimate of drug-likeness (QED) is 0.0169. The van der Waals surface area contributed by atoms with Crippen molar-refractivity contribution in [1.82, 2.24) is 0 Å². The fourth-order valence-electron chi connectivity index (χ4n) is 10.5. The highest BCUT2D eigenvalue weighted by Gasteiger charge is 2.30. The molecule has 3 N–H and O–H groups in total. The van der Waals surface area contributed by atoms with Crippen molar-refractivity contribution in [2.45, 2.75) is 354 Å². The monoisotopic (exact) mass is 1450 g/mol. The number of unbranched alkanes of at least 4 members (excludes halogenated alkanes) is 32. The average molecular weight is 1450 g/mol. The summed E-state index contributed by atoms with van der Waals surface area (Å²) in [5.74, 6) is -2.22. The van der Waals surface area contributed by atoms with E-state index < -0.39 is 97.5 Å². The van der Waals surface area contributed by atoms with E-state index >= 15 is 0 Å². The third-order valence-corrected chi connectivity index (χ3v) is 18.4. The molecule has 0 amide bonds. The highest BCUT2D eigenvalue weighted by molar-refractivity contribution is 7.47. The molecule has 0 fully saturated rings. The van der Waals surface area contributed by atoms with Gasteiger partial charge in [-0.25, -0.2) is 9.13 Å². The van der Waals surface area contributed by atoms with Crippen LogP contribution < -0.4 is 0 Å². The number of esters is 4. The molecule has 0 aliphatic carbocycles. The van der Waals surface area contributed by atoms with E-state index in [4.69, 9.17) is 37.0 Å². The van der Waals surface area contributed by atoms with Crippen LogP contribution in [0.15, 0.2) is 97.2 Å². The summed E-state index contributed by atoms with van der Waals surface area (Å²) < 4.78 is 68.5. The van der Waals surface area contributed by atoms with Gasteiger partial charge in [0.05, 0.1) is 26.4 Å². The largest absolute Gasteiger partial charge is 0.472 e. The Kier molecular flexibility index (Phi) is 70.4. The lowest BCUT2D eigenvalue weighted by Crippen LogP contribution is -2.30. The van der Waals surface area contributed by atoms with Crippen molar-refractivity contribution in [3.8, 4) is 0 Å². The van der Waals surface area contributed by atoms with E-state index in [0.29, 0.717) is 25.7 Å². The van der Waals surface area contributed by atoms with Crippen molar-refractivity contribution >= 4 is 39.5 Å². The molecule has 0 aliphatic rings. The van der Waals surface area contributed by atoms with Crippen molar-refractivity contribution in [1.29, 1.82) is 0 Å². The third kappa shape index (κ3) is 72.3. The number of phosphoric ester groups is 2.